The highest BCUT2D eigenvalue weighted by molar-refractivity contribution is 5.90. The van der Waals surface area contributed by atoms with Crippen LogP contribution in [0.5, 0.6) is 11.5 Å². The number of carbonyl (C=O) groups is 1. The lowest BCUT2D eigenvalue weighted by atomic mass is 9.48. The number of phenolic OH excluding ortho intramolecular Hbond substituents is 1. The maximum atomic E-state index is 12.8. The zero-order chi connectivity index (χ0) is 17.9. The first kappa shape index (κ1) is 18.0. The standard InChI is InChI=1S/C21H25NO4.BrH/c1-22(11-12-2-3-12)9-8-20-17-13-4-5-14(23)18(17)26-19(20)15(24)6-7-21(20,25)16(22)10-13;/h4-5,12,16,19,25H,2-3,6-11H2,1H3;1H/t16-,19+,20+,21+,22?;/m1./s1. The predicted octanol–water partition coefficient (Wildman–Crippen LogP) is -1.33. The van der Waals surface area contributed by atoms with Crippen molar-refractivity contribution in [3.8, 4) is 11.5 Å². The fourth-order valence-corrected chi connectivity index (χ4v) is 6.94. The van der Waals surface area contributed by atoms with E-state index in [0.717, 1.165) is 47.5 Å². The summed E-state index contributed by atoms with van der Waals surface area (Å²) in [6.07, 6.45) is 4.42. The van der Waals surface area contributed by atoms with Gasteiger partial charge in [-0.25, -0.2) is 0 Å². The van der Waals surface area contributed by atoms with Gasteiger partial charge in [-0.2, -0.15) is 0 Å². The Labute approximate surface area is 169 Å². The number of piperidine rings is 1. The molecule has 2 saturated carbocycles. The van der Waals surface area contributed by atoms with Crippen molar-refractivity contribution >= 4 is 5.78 Å². The van der Waals surface area contributed by atoms with Crippen molar-refractivity contribution in [2.45, 2.75) is 61.7 Å². The van der Waals surface area contributed by atoms with Crippen LogP contribution >= 0.6 is 0 Å². The monoisotopic (exact) mass is 435 g/mol. The summed E-state index contributed by atoms with van der Waals surface area (Å²) in [4.78, 5) is 12.8. The Morgan fingerprint density at radius 3 is 2.81 bits per heavy atom. The maximum Gasteiger partial charge on any atom is 0.174 e. The molecule has 3 fully saturated rings. The van der Waals surface area contributed by atoms with Gasteiger partial charge in [0, 0.05) is 30.7 Å². The van der Waals surface area contributed by atoms with Crippen LogP contribution in [-0.2, 0) is 16.6 Å². The lowest BCUT2D eigenvalue weighted by Gasteiger charge is -2.64. The number of aromatic hydroxyl groups is 1. The number of Topliss-reactive ketones (excluding diaryl/α,β-unsaturated/α-hetero) is 1. The highest BCUT2D eigenvalue weighted by Crippen LogP contribution is 2.65. The van der Waals surface area contributed by atoms with Crippen LogP contribution in [0.4, 0.5) is 0 Å². The van der Waals surface area contributed by atoms with E-state index >= 15 is 0 Å². The molecule has 0 amide bonds. The molecule has 1 aromatic carbocycles. The summed E-state index contributed by atoms with van der Waals surface area (Å²) in [5.41, 5.74) is 0.492. The van der Waals surface area contributed by atoms with Crippen LogP contribution < -0.4 is 21.7 Å². The Morgan fingerprint density at radius 2 is 2.07 bits per heavy atom. The van der Waals surface area contributed by atoms with Gasteiger partial charge in [0.2, 0.25) is 0 Å². The van der Waals surface area contributed by atoms with Crippen LogP contribution in [0.2, 0.25) is 0 Å². The van der Waals surface area contributed by atoms with Gasteiger partial charge < -0.3 is 36.4 Å². The van der Waals surface area contributed by atoms with E-state index in [-0.39, 0.29) is 34.6 Å². The number of halogens is 1. The maximum absolute atomic E-state index is 12.8. The van der Waals surface area contributed by atoms with E-state index in [9.17, 15) is 15.0 Å². The predicted molar refractivity (Wildman–Crippen MR) is 94.1 cm³/mol. The number of likely N-dealkylation sites (N-methyl/N-ethyl adjacent to an activating group) is 1. The number of nitrogens with zero attached hydrogens (tertiary/aromatic N) is 1. The molecule has 1 aromatic rings. The molecule has 2 aliphatic heterocycles. The molecular weight excluding hydrogens is 410 g/mol. The number of aliphatic hydroxyl groups is 1. The second-order valence-corrected chi connectivity index (χ2v) is 9.61. The Morgan fingerprint density at radius 1 is 1.30 bits per heavy atom. The highest BCUT2D eigenvalue weighted by atomic mass is 79.9. The smallest absolute Gasteiger partial charge is 0.174 e. The Kier molecular flexibility index (Phi) is 3.51. The van der Waals surface area contributed by atoms with E-state index in [2.05, 4.69) is 7.05 Å². The minimum Gasteiger partial charge on any atom is -1.00 e. The average Bonchev–Trinajstić information content (AvgIpc) is 3.32. The molecule has 5 aliphatic rings. The Hall–Kier alpha value is -1.11. The number of benzene rings is 1. The van der Waals surface area contributed by atoms with Crippen molar-refractivity contribution in [1.82, 2.24) is 0 Å². The quantitative estimate of drug-likeness (QED) is 0.565. The number of likely N-dealkylation sites (tertiary alicyclic amines) is 1. The topological polar surface area (TPSA) is 66.8 Å². The van der Waals surface area contributed by atoms with Gasteiger partial charge in [-0.1, -0.05) is 6.07 Å². The van der Waals surface area contributed by atoms with Gasteiger partial charge in [-0.15, -0.1) is 0 Å². The van der Waals surface area contributed by atoms with Crippen molar-refractivity contribution in [3.63, 3.8) is 0 Å². The van der Waals surface area contributed by atoms with Gasteiger partial charge in [0.1, 0.15) is 11.6 Å². The third-order valence-electron chi connectivity index (χ3n) is 8.28. The van der Waals surface area contributed by atoms with Gasteiger partial charge >= 0.3 is 0 Å². The first-order valence-corrected chi connectivity index (χ1v) is 10.0. The van der Waals surface area contributed by atoms with Gasteiger partial charge in [-0.3, -0.25) is 4.79 Å². The van der Waals surface area contributed by atoms with E-state index in [1.807, 2.05) is 6.07 Å². The summed E-state index contributed by atoms with van der Waals surface area (Å²) < 4.78 is 6.98. The van der Waals surface area contributed by atoms with Crippen LogP contribution in [0.15, 0.2) is 12.1 Å². The molecule has 2 bridgehead atoms. The lowest BCUT2D eigenvalue weighted by Crippen LogP contribution is -3.00. The van der Waals surface area contributed by atoms with Crippen LogP contribution in [0.3, 0.4) is 0 Å². The molecule has 0 radical (unpaired) electrons. The summed E-state index contributed by atoms with van der Waals surface area (Å²) >= 11 is 0. The van der Waals surface area contributed by atoms with Gasteiger partial charge in [0.25, 0.3) is 0 Å². The van der Waals surface area contributed by atoms with Crippen molar-refractivity contribution in [2.75, 3.05) is 20.1 Å². The fraction of sp³-hybridized carbons (Fsp3) is 0.667. The van der Waals surface area contributed by atoms with Crippen LogP contribution in [0, 0.1) is 5.92 Å². The van der Waals surface area contributed by atoms with Crippen LogP contribution in [0.1, 0.15) is 43.2 Å². The number of quaternary nitrogens is 1. The molecule has 0 aromatic heterocycles. The molecule has 1 unspecified atom stereocenters. The third kappa shape index (κ3) is 1.94. The van der Waals surface area contributed by atoms with Crippen molar-refractivity contribution in [3.05, 3.63) is 23.3 Å². The normalized spacial score (nSPS) is 43.6. The number of hydrogen-bond donors (Lipinski definition) is 2. The van der Waals surface area contributed by atoms with Crippen LogP contribution in [0.25, 0.3) is 0 Å². The summed E-state index contributed by atoms with van der Waals surface area (Å²) in [5.74, 6) is 1.42. The van der Waals surface area contributed by atoms with E-state index in [4.69, 9.17) is 4.74 Å². The summed E-state index contributed by atoms with van der Waals surface area (Å²) in [7, 11) is 2.31. The first-order valence-electron chi connectivity index (χ1n) is 10.0. The molecule has 6 heteroatoms. The van der Waals surface area contributed by atoms with Crippen molar-refractivity contribution in [2.24, 2.45) is 5.92 Å². The largest absolute Gasteiger partial charge is 1.00 e. The second-order valence-electron chi connectivity index (χ2n) is 9.61. The zero-order valence-electron chi connectivity index (χ0n) is 15.6. The van der Waals surface area contributed by atoms with E-state index in [0.29, 0.717) is 18.6 Å². The summed E-state index contributed by atoms with van der Waals surface area (Å²) in [6, 6.07) is 3.77. The molecule has 1 spiro atoms. The molecule has 2 N–H and O–H groups in total. The highest BCUT2D eigenvalue weighted by Gasteiger charge is 2.76. The van der Waals surface area contributed by atoms with Gasteiger partial charge in [0.05, 0.1) is 25.6 Å². The number of hydrogen-bond acceptors (Lipinski definition) is 4. The second kappa shape index (κ2) is 5.28. The first-order chi connectivity index (χ1) is 12.4. The molecule has 146 valence electrons. The molecule has 2 heterocycles. The summed E-state index contributed by atoms with van der Waals surface area (Å²) in [6.45, 7) is 2.09. The fourth-order valence-electron chi connectivity index (χ4n) is 6.94. The van der Waals surface area contributed by atoms with E-state index in [1.54, 1.807) is 6.07 Å². The minimum absolute atomic E-state index is 0. The SMILES string of the molecule is C[N+]1(CC2CC2)CC[C@]23c4c5ccc(O)c4O[C@H]2C(=O)CC[C@]3(O)[C@H]1C5.[Br-]. The molecule has 6 rings (SSSR count). The molecule has 1 saturated heterocycles. The Bertz CT molecular complexity index is 855. The number of carbonyl (C=O) groups excluding carboxylic acids is 1. The lowest BCUT2D eigenvalue weighted by molar-refractivity contribution is -0.950. The number of rotatable bonds is 2. The van der Waals surface area contributed by atoms with Gasteiger partial charge in [0.15, 0.2) is 23.4 Å². The number of phenols is 1. The minimum atomic E-state index is -0.931. The third-order valence-corrected chi connectivity index (χ3v) is 8.28. The van der Waals surface area contributed by atoms with Crippen molar-refractivity contribution < 1.29 is 41.2 Å². The number of ketones is 1. The van der Waals surface area contributed by atoms with E-state index < -0.39 is 17.1 Å². The van der Waals surface area contributed by atoms with Crippen LogP contribution in [-0.4, -0.2) is 58.4 Å². The molecule has 5 atom stereocenters. The molecule has 3 aliphatic carbocycles. The zero-order valence-corrected chi connectivity index (χ0v) is 17.2. The summed E-state index contributed by atoms with van der Waals surface area (Å²) in [5, 5.41) is 22.5. The number of ether oxygens (including phenoxy) is 1. The van der Waals surface area contributed by atoms with E-state index in [1.165, 1.54) is 12.8 Å². The Balaban J connectivity index is 0.00000160. The molecular formula is C21H26BrNO4. The molecule has 27 heavy (non-hydrogen) atoms. The average molecular weight is 436 g/mol. The van der Waals surface area contributed by atoms with Gasteiger partial charge in [-0.05, 0) is 30.9 Å². The molecule has 5 nitrogen and oxygen atoms in total. The van der Waals surface area contributed by atoms with Crippen molar-refractivity contribution in [1.29, 1.82) is 0 Å².